The number of carbonyl (C=O) groups is 2. The molecule has 150 valence electrons. The van der Waals surface area contributed by atoms with Crippen LogP contribution in [0.1, 0.15) is 80.1 Å². The number of nitrogens with one attached hydrogen (secondary N) is 1. The molecule has 0 saturated heterocycles. The van der Waals surface area contributed by atoms with Gasteiger partial charge < -0.3 is 10.4 Å². The molecule has 29 heavy (non-hydrogen) atoms. The number of amides is 1. The normalized spacial score (nSPS) is 16.2. The van der Waals surface area contributed by atoms with Crippen molar-refractivity contribution in [3.05, 3.63) is 64.2 Å². The maximum absolute atomic E-state index is 11.4. The Morgan fingerprint density at radius 1 is 0.897 bits per heavy atom. The lowest BCUT2D eigenvalue weighted by Gasteiger charge is -2.41. The monoisotopic (exact) mass is 389 g/mol. The second-order valence-corrected chi connectivity index (χ2v) is 9.02. The lowest BCUT2D eigenvalue weighted by atomic mass is 9.63. The van der Waals surface area contributed by atoms with Crippen LogP contribution in [0.4, 0.5) is 5.69 Å². The summed E-state index contributed by atoms with van der Waals surface area (Å²) in [5.41, 5.74) is 4.89. The number of carbonyl (C=O) groups excluding carboxylic acids is 1. The Morgan fingerprint density at radius 3 is 2.03 bits per heavy atom. The predicted octanol–water partition coefficient (Wildman–Crippen LogP) is 5.09. The van der Waals surface area contributed by atoms with Gasteiger partial charge in [-0.15, -0.1) is 0 Å². The number of fused-ring (bicyclic) bond motifs is 1. The SMILES string of the molecule is CC(=O)Nc1cc(C#Cc2ccc3c(c2)C(C)(C)CCC3(C)C)ccc1C(=O)O. The van der Waals surface area contributed by atoms with Gasteiger partial charge in [0.1, 0.15) is 0 Å². The molecule has 2 N–H and O–H groups in total. The molecule has 0 fully saturated rings. The van der Waals surface area contributed by atoms with Crippen molar-refractivity contribution in [2.75, 3.05) is 5.32 Å². The average Bonchev–Trinajstić information content (AvgIpc) is 2.63. The topological polar surface area (TPSA) is 66.4 Å². The summed E-state index contributed by atoms with van der Waals surface area (Å²) in [6.45, 7) is 10.5. The third kappa shape index (κ3) is 4.35. The third-order valence-corrected chi connectivity index (χ3v) is 5.76. The number of benzene rings is 2. The molecule has 4 heteroatoms. The summed E-state index contributed by atoms with van der Waals surface area (Å²) in [7, 11) is 0. The lowest BCUT2D eigenvalue weighted by Crippen LogP contribution is -2.33. The first-order valence-electron chi connectivity index (χ1n) is 9.82. The van der Waals surface area contributed by atoms with E-state index in [-0.39, 0.29) is 28.0 Å². The number of carboxylic acid groups (broad SMARTS) is 1. The minimum absolute atomic E-state index is 0.0449. The molecule has 0 saturated carbocycles. The van der Waals surface area contributed by atoms with Gasteiger partial charge in [-0.05, 0) is 65.1 Å². The fourth-order valence-electron chi connectivity index (χ4n) is 3.91. The number of aromatic carboxylic acids is 1. The van der Waals surface area contributed by atoms with E-state index >= 15 is 0 Å². The van der Waals surface area contributed by atoms with E-state index < -0.39 is 5.97 Å². The molecule has 3 rings (SSSR count). The van der Waals surface area contributed by atoms with Crippen molar-refractivity contribution in [2.45, 2.75) is 58.3 Å². The van der Waals surface area contributed by atoms with Crippen LogP contribution in [-0.2, 0) is 15.6 Å². The Kier molecular flexibility index (Phi) is 5.28. The van der Waals surface area contributed by atoms with Crippen LogP contribution in [0.15, 0.2) is 36.4 Å². The van der Waals surface area contributed by atoms with Crippen molar-refractivity contribution in [1.29, 1.82) is 0 Å². The van der Waals surface area contributed by atoms with Crippen molar-refractivity contribution < 1.29 is 14.7 Å². The van der Waals surface area contributed by atoms with Gasteiger partial charge >= 0.3 is 5.97 Å². The molecular formula is C25H27NO3. The van der Waals surface area contributed by atoms with Crippen LogP contribution in [0.2, 0.25) is 0 Å². The molecule has 1 amide bonds. The molecular weight excluding hydrogens is 362 g/mol. The summed E-state index contributed by atoms with van der Waals surface area (Å²) in [5.74, 6) is 4.88. The van der Waals surface area contributed by atoms with Crippen molar-refractivity contribution in [2.24, 2.45) is 0 Å². The van der Waals surface area contributed by atoms with Crippen LogP contribution in [0.5, 0.6) is 0 Å². The Labute approximate surface area is 172 Å². The molecule has 0 spiro atoms. The van der Waals surface area contributed by atoms with E-state index in [0.717, 1.165) is 12.0 Å². The van der Waals surface area contributed by atoms with E-state index in [1.54, 1.807) is 12.1 Å². The molecule has 4 nitrogen and oxygen atoms in total. The van der Waals surface area contributed by atoms with Gasteiger partial charge in [-0.1, -0.05) is 45.6 Å². The van der Waals surface area contributed by atoms with Gasteiger partial charge in [0.2, 0.25) is 5.91 Å². The van der Waals surface area contributed by atoms with Gasteiger partial charge in [0.15, 0.2) is 0 Å². The molecule has 0 aliphatic heterocycles. The second-order valence-electron chi connectivity index (χ2n) is 9.02. The molecule has 1 aliphatic carbocycles. The van der Waals surface area contributed by atoms with Gasteiger partial charge in [0.05, 0.1) is 11.3 Å². The third-order valence-electron chi connectivity index (χ3n) is 5.76. The van der Waals surface area contributed by atoms with Gasteiger partial charge in [-0.3, -0.25) is 4.79 Å². The smallest absolute Gasteiger partial charge is 0.337 e. The molecule has 0 radical (unpaired) electrons. The molecule has 2 aromatic rings. The van der Waals surface area contributed by atoms with Crippen LogP contribution in [-0.4, -0.2) is 17.0 Å². The minimum Gasteiger partial charge on any atom is -0.478 e. The molecule has 0 heterocycles. The highest BCUT2D eigenvalue weighted by Gasteiger charge is 2.36. The average molecular weight is 389 g/mol. The van der Waals surface area contributed by atoms with E-state index in [2.05, 4.69) is 63.1 Å². The molecule has 0 atom stereocenters. The Balaban J connectivity index is 1.99. The fraction of sp³-hybridized carbons (Fsp3) is 0.360. The Morgan fingerprint density at radius 2 is 1.45 bits per heavy atom. The van der Waals surface area contributed by atoms with Crippen molar-refractivity contribution in [1.82, 2.24) is 0 Å². The van der Waals surface area contributed by atoms with E-state index in [1.807, 2.05) is 0 Å². The number of hydrogen-bond donors (Lipinski definition) is 2. The van der Waals surface area contributed by atoms with Crippen LogP contribution in [0.25, 0.3) is 0 Å². The minimum atomic E-state index is -1.09. The van der Waals surface area contributed by atoms with Gasteiger partial charge in [-0.2, -0.15) is 0 Å². The molecule has 0 bridgehead atoms. The quantitative estimate of drug-likeness (QED) is 0.703. The summed E-state index contributed by atoms with van der Waals surface area (Å²) in [6.07, 6.45) is 2.31. The van der Waals surface area contributed by atoms with E-state index in [1.165, 1.54) is 30.5 Å². The van der Waals surface area contributed by atoms with Gasteiger partial charge in [0, 0.05) is 18.1 Å². The van der Waals surface area contributed by atoms with Crippen LogP contribution in [0.3, 0.4) is 0 Å². The van der Waals surface area contributed by atoms with E-state index in [0.29, 0.717) is 5.56 Å². The molecule has 2 aromatic carbocycles. The molecule has 0 aromatic heterocycles. The first-order chi connectivity index (χ1) is 13.5. The van der Waals surface area contributed by atoms with Crippen LogP contribution >= 0.6 is 0 Å². The zero-order valence-corrected chi connectivity index (χ0v) is 17.6. The predicted molar refractivity (Wildman–Crippen MR) is 115 cm³/mol. The highest BCUT2D eigenvalue weighted by atomic mass is 16.4. The molecule has 1 aliphatic rings. The number of anilines is 1. The van der Waals surface area contributed by atoms with Crippen molar-refractivity contribution in [3.63, 3.8) is 0 Å². The van der Waals surface area contributed by atoms with E-state index in [4.69, 9.17) is 0 Å². The van der Waals surface area contributed by atoms with Gasteiger partial charge in [-0.25, -0.2) is 4.79 Å². The highest BCUT2D eigenvalue weighted by molar-refractivity contribution is 6.00. The first kappa shape index (κ1) is 20.7. The number of carboxylic acids is 1. The van der Waals surface area contributed by atoms with Crippen LogP contribution < -0.4 is 5.32 Å². The number of hydrogen-bond acceptors (Lipinski definition) is 2. The molecule has 0 unspecified atom stereocenters. The summed E-state index contributed by atoms with van der Waals surface area (Å²) in [4.78, 5) is 22.7. The lowest BCUT2D eigenvalue weighted by molar-refractivity contribution is -0.114. The Hall–Kier alpha value is -3.06. The maximum atomic E-state index is 11.4. The summed E-state index contributed by atoms with van der Waals surface area (Å²) in [5, 5.41) is 11.9. The number of rotatable bonds is 2. The summed E-state index contributed by atoms with van der Waals surface area (Å²) in [6, 6.07) is 11.2. The van der Waals surface area contributed by atoms with Crippen molar-refractivity contribution in [3.8, 4) is 11.8 Å². The van der Waals surface area contributed by atoms with Crippen LogP contribution in [0, 0.1) is 11.8 Å². The largest absolute Gasteiger partial charge is 0.478 e. The maximum Gasteiger partial charge on any atom is 0.337 e. The summed E-state index contributed by atoms with van der Waals surface area (Å²) >= 11 is 0. The van der Waals surface area contributed by atoms with E-state index in [9.17, 15) is 14.7 Å². The van der Waals surface area contributed by atoms with Crippen molar-refractivity contribution >= 4 is 17.6 Å². The second kappa shape index (κ2) is 7.40. The fourth-order valence-corrected chi connectivity index (χ4v) is 3.91. The zero-order valence-electron chi connectivity index (χ0n) is 17.6. The standard InChI is InChI=1S/C25H27NO3/c1-16(27)26-22-15-18(8-10-19(22)23(28)29)7-6-17-9-11-20-21(14-17)25(4,5)13-12-24(20,2)3/h8-11,14-15H,12-13H2,1-5H3,(H,26,27)(H,28,29). The highest BCUT2D eigenvalue weighted by Crippen LogP contribution is 2.45. The Bertz CT molecular complexity index is 1050. The first-order valence-corrected chi connectivity index (χ1v) is 9.82. The summed E-state index contributed by atoms with van der Waals surface area (Å²) < 4.78 is 0. The zero-order chi connectivity index (χ0) is 21.4. The van der Waals surface area contributed by atoms with Gasteiger partial charge in [0.25, 0.3) is 0 Å².